The fourth-order valence-electron chi connectivity index (χ4n) is 3.16. The highest BCUT2D eigenvalue weighted by molar-refractivity contribution is 7.98. The Kier molecular flexibility index (Phi) is 7.26. The van der Waals surface area contributed by atoms with Crippen LogP contribution < -0.4 is 14.8 Å². The van der Waals surface area contributed by atoms with Crippen LogP contribution in [0.15, 0.2) is 59.3 Å². The number of benzene rings is 2. The summed E-state index contributed by atoms with van der Waals surface area (Å²) in [5.74, 6) is 1.94. The molecule has 0 aliphatic rings. The first-order valence-corrected chi connectivity index (χ1v) is 12.1. The third-order valence-electron chi connectivity index (χ3n) is 4.57. The molecule has 4 aromatic rings. The molecule has 170 valence electrons. The fraction of sp³-hybridized carbons (Fsp3) is 0.217. The summed E-state index contributed by atoms with van der Waals surface area (Å²) in [7, 11) is 1.63. The Balaban J connectivity index is 1.47. The van der Waals surface area contributed by atoms with Gasteiger partial charge in [-0.1, -0.05) is 17.8 Å². The Hall–Kier alpha value is -3.37. The molecule has 0 fully saturated rings. The number of rotatable bonds is 9. The molecule has 0 atom stereocenters. The number of thioether (sulfide) groups is 1. The number of amides is 1. The van der Waals surface area contributed by atoms with Crippen molar-refractivity contribution in [2.45, 2.75) is 24.8 Å². The minimum Gasteiger partial charge on any atom is -0.493 e. The first kappa shape index (κ1) is 22.8. The lowest BCUT2D eigenvalue weighted by atomic mass is 10.2. The van der Waals surface area contributed by atoms with Crippen molar-refractivity contribution in [2.24, 2.45) is 0 Å². The van der Waals surface area contributed by atoms with E-state index >= 15 is 0 Å². The van der Waals surface area contributed by atoms with Gasteiger partial charge in [0, 0.05) is 29.3 Å². The molecular formula is C23H23N5O3S2. The summed E-state index contributed by atoms with van der Waals surface area (Å²) in [4.78, 5) is 16.1. The van der Waals surface area contributed by atoms with Crippen LogP contribution in [0.5, 0.6) is 11.5 Å². The SMILES string of the molecule is CCOc1ccc(-c2nc(CSc3nncn3-c3cccc(NC(C)=O)c3)cs2)cc1OC. The number of anilines is 1. The van der Waals surface area contributed by atoms with Crippen molar-refractivity contribution in [3.8, 4) is 27.8 Å². The van der Waals surface area contributed by atoms with Crippen LogP contribution in [0.4, 0.5) is 5.69 Å². The van der Waals surface area contributed by atoms with Crippen molar-refractivity contribution in [2.75, 3.05) is 19.0 Å². The van der Waals surface area contributed by atoms with Crippen LogP contribution in [0.2, 0.25) is 0 Å². The van der Waals surface area contributed by atoms with E-state index in [4.69, 9.17) is 14.5 Å². The first-order chi connectivity index (χ1) is 16.1. The van der Waals surface area contributed by atoms with E-state index in [1.807, 2.05) is 59.3 Å². The smallest absolute Gasteiger partial charge is 0.221 e. The van der Waals surface area contributed by atoms with Crippen LogP contribution in [0.25, 0.3) is 16.3 Å². The molecule has 1 amide bonds. The van der Waals surface area contributed by atoms with E-state index in [1.54, 1.807) is 36.5 Å². The van der Waals surface area contributed by atoms with Gasteiger partial charge in [0.2, 0.25) is 5.91 Å². The standard InChI is InChI=1S/C23H23N5O3S2/c1-4-31-20-9-8-16(10-21(20)30-3)22-26-18(12-32-22)13-33-23-27-24-14-28(23)19-7-5-6-17(11-19)25-15(2)29/h5-12,14H,4,13H2,1-3H3,(H,25,29). The van der Waals surface area contributed by atoms with Crippen molar-refractivity contribution >= 4 is 34.7 Å². The van der Waals surface area contributed by atoms with Gasteiger partial charge in [0.15, 0.2) is 16.7 Å². The molecule has 2 aromatic carbocycles. The average molecular weight is 482 g/mol. The van der Waals surface area contributed by atoms with Crippen LogP contribution >= 0.6 is 23.1 Å². The predicted octanol–water partition coefficient (Wildman–Crippen LogP) is 5.05. The van der Waals surface area contributed by atoms with E-state index in [-0.39, 0.29) is 5.91 Å². The van der Waals surface area contributed by atoms with Gasteiger partial charge in [-0.2, -0.15) is 0 Å². The van der Waals surface area contributed by atoms with Crippen molar-refractivity contribution in [1.82, 2.24) is 19.7 Å². The Morgan fingerprint density at radius 3 is 2.88 bits per heavy atom. The van der Waals surface area contributed by atoms with Gasteiger partial charge >= 0.3 is 0 Å². The highest BCUT2D eigenvalue weighted by Crippen LogP contribution is 2.34. The molecule has 33 heavy (non-hydrogen) atoms. The first-order valence-electron chi connectivity index (χ1n) is 10.2. The number of carbonyl (C=O) groups is 1. The van der Waals surface area contributed by atoms with E-state index in [0.29, 0.717) is 18.1 Å². The summed E-state index contributed by atoms with van der Waals surface area (Å²) in [6, 6.07) is 13.4. The number of thiazole rings is 1. The van der Waals surface area contributed by atoms with Gasteiger partial charge < -0.3 is 14.8 Å². The van der Waals surface area contributed by atoms with E-state index in [0.717, 1.165) is 38.5 Å². The third-order valence-corrected chi connectivity index (χ3v) is 6.49. The highest BCUT2D eigenvalue weighted by atomic mass is 32.2. The molecule has 10 heteroatoms. The van der Waals surface area contributed by atoms with Gasteiger partial charge in [-0.05, 0) is 43.3 Å². The quantitative estimate of drug-likeness (QED) is 0.335. The Bertz CT molecular complexity index is 1250. The zero-order valence-corrected chi connectivity index (χ0v) is 20.1. The minimum atomic E-state index is -0.116. The number of hydrogen-bond acceptors (Lipinski definition) is 8. The molecule has 2 aromatic heterocycles. The Labute approximate surface area is 200 Å². The maximum Gasteiger partial charge on any atom is 0.221 e. The lowest BCUT2D eigenvalue weighted by molar-refractivity contribution is -0.114. The van der Waals surface area contributed by atoms with Gasteiger partial charge in [-0.25, -0.2) is 4.98 Å². The van der Waals surface area contributed by atoms with Crippen molar-refractivity contribution < 1.29 is 14.3 Å². The molecule has 0 saturated heterocycles. The average Bonchev–Trinajstić information content (AvgIpc) is 3.47. The fourth-order valence-corrected chi connectivity index (χ4v) is 4.90. The third kappa shape index (κ3) is 5.52. The van der Waals surface area contributed by atoms with Gasteiger partial charge in [0.05, 0.1) is 25.1 Å². The van der Waals surface area contributed by atoms with Crippen LogP contribution in [0, 0.1) is 0 Å². The van der Waals surface area contributed by atoms with Crippen LogP contribution in [0.3, 0.4) is 0 Å². The van der Waals surface area contributed by atoms with E-state index in [9.17, 15) is 4.79 Å². The molecule has 4 rings (SSSR count). The molecule has 2 heterocycles. The number of nitrogens with zero attached hydrogens (tertiary/aromatic N) is 4. The maximum atomic E-state index is 11.4. The molecule has 0 unspecified atom stereocenters. The minimum absolute atomic E-state index is 0.116. The van der Waals surface area contributed by atoms with Crippen molar-refractivity contribution in [3.05, 3.63) is 59.9 Å². The summed E-state index contributed by atoms with van der Waals surface area (Å²) >= 11 is 3.13. The van der Waals surface area contributed by atoms with Gasteiger partial charge in [-0.15, -0.1) is 21.5 Å². The molecule has 0 spiro atoms. The van der Waals surface area contributed by atoms with Crippen LogP contribution in [-0.2, 0) is 10.5 Å². The number of aromatic nitrogens is 4. The summed E-state index contributed by atoms with van der Waals surface area (Å²) in [5, 5.41) is 14.8. The van der Waals surface area contributed by atoms with Crippen LogP contribution in [0.1, 0.15) is 19.5 Å². The van der Waals surface area contributed by atoms with E-state index < -0.39 is 0 Å². The largest absolute Gasteiger partial charge is 0.493 e. The van der Waals surface area contributed by atoms with Crippen molar-refractivity contribution in [3.63, 3.8) is 0 Å². The molecule has 1 N–H and O–H groups in total. The molecule has 0 saturated carbocycles. The van der Waals surface area contributed by atoms with Gasteiger partial charge in [0.25, 0.3) is 0 Å². The second-order valence-electron chi connectivity index (χ2n) is 6.95. The number of ether oxygens (including phenoxy) is 2. The van der Waals surface area contributed by atoms with E-state index in [1.165, 1.54) is 6.92 Å². The molecule has 0 bridgehead atoms. The number of carbonyl (C=O) groups excluding carboxylic acids is 1. The lowest BCUT2D eigenvalue weighted by Gasteiger charge is -2.10. The predicted molar refractivity (Wildman–Crippen MR) is 130 cm³/mol. The Morgan fingerprint density at radius 1 is 1.21 bits per heavy atom. The second kappa shape index (κ2) is 10.5. The summed E-state index contributed by atoms with van der Waals surface area (Å²) in [6.45, 7) is 4.01. The monoisotopic (exact) mass is 481 g/mol. The van der Waals surface area contributed by atoms with Gasteiger partial charge in [-0.3, -0.25) is 9.36 Å². The molecule has 0 aliphatic heterocycles. The maximum absolute atomic E-state index is 11.4. The molecular weight excluding hydrogens is 458 g/mol. The number of hydrogen-bond donors (Lipinski definition) is 1. The number of methoxy groups -OCH3 is 1. The van der Waals surface area contributed by atoms with Gasteiger partial charge in [0.1, 0.15) is 11.3 Å². The second-order valence-corrected chi connectivity index (χ2v) is 8.75. The highest BCUT2D eigenvalue weighted by Gasteiger charge is 2.13. The normalized spacial score (nSPS) is 10.8. The number of nitrogens with one attached hydrogen (secondary N) is 1. The lowest BCUT2D eigenvalue weighted by Crippen LogP contribution is -2.06. The summed E-state index contributed by atoms with van der Waals surface area (Å²) in [6.07, 6.45) is 1.66. The molecule has 0 radical (unpaired) electrons. The summed E-state index contributed by atoms with van der Waals surface area (Å²) in [5.41, 5.74) is 3.53. The Morgan fingerprint density at radius 2 is 2.09 bits per heavy atom. The zero-order valence-electron chi connectivity index (χ0n) is 18.4. The van der Waals surface area contributed by atoms with E-state index in [2.05, 4.69) is 15.5 Å². The molecule has 8 nitrogen and oxygen atoms in total. The van der Waals surface area contributed by atoms with Crippen LogP contribution in [-0.4, -0.2) is 39.4 Å². The zero-order chi connectivity index (χ0) is 23.2. The molecule has 0 aliphatic carbocycles. The van der Waals surface area contributed by atoms with Crippen molar-refractivity contribution in [1.29, 1.82) is 0 Å². The topological polar surface area (TPSA) is 91.2 Å². The summed E-state index contributed by atoms with van der Waals surface area (Å²) < 4.78 is 12.9.